The molecule has 0 bridgehead atoms. The fourth-order valence-electron chi connectivity index (χ4n) is 3.56. The third-order valence-corrected chi connectivity index (χ3v) is 5.55. The van der Waals surface area contributed by atoms with Crippen LogP contribution < -0.4 is 0 Å². The standard InChI is InChI=1S/C27H36N2O/c1-3-5-7-9-11-25(28)21-13-17-23(18-14-21)27(30)24-19-15-22(16-20-24)26(29)12-10-8-6-4-2/h13-20,28-29H,3-12H2,1-2H3. The molecule has 2 rings (SSSR count). The molecule has 0 fully saturated rings. The summed E-state index contributed by atoms with van der Waals surface area (Å²) in [5, 5.41) is 16.5. The van der Waals surface area contributed by atoms with E-state index in [4.69, 9.17) is 10.8 Å². The summed E-state index contributed by atoms with van der Waals surface area (Å²) in [4.78, 5) is 12.8. The van der Waals surface area contributed by atoms with Gasteiger partial charge >= 0.3 is 0 Å². The van der Waals surface area contributed by atoms with Crippen molar-refractivity contribution < 1.29 is 4.79 Å². The molecule has 0 heterocycles. The molecule has 0 aliphatic carbocycles. The van der Waals surface area contributed by atoms with E-state index in [1.54, 1.807) is 0 Å². The number of carbonyl (C=O) groups excluding carboxylic acids is 1. The summed E-state index contributed by atoms with van der Waals surface area (Å²) in [5.41, 5.74) is 4.36. The molecule has 0 saturated heterocycles. The van der Waals surface area contributed by atoms with Gasteiger partial charge in [-0.3, -0.25) is 4.79 Å². The van der Waals surface area contributed by atoms with Gasteiger partial charge in [-0.15, -0.1) is 0 Å². The fourth-order valence-corrected chi connectivity index (χ4v) is 3.56. The average molecular weight is 405 g/mol. The van der Waals surface area contributed by atoms with E-state index in [9.17, 15) is 4.79 Å². The highest BCUT2D eigenvalue weighted by Gasteiger charge is 2.11. The van der Waals surface area contributed by atoms with Gasteiger partial charge in [0.2, 0.25) is 0 Å². The van der Waals surface area contributed by atoms with Crippen molar-refractivity contribution >= 4 is 17.2 Å². The van der Waals surface area contributed by atoms with Crippen LogP contribution in [0, 0.1) is 10.8 Å². The minimum Gasteiger partial charge on any atom is -0.305 e. The van der Waals surface area contributed by atoms with Crippen molar-refractivity contribution in [1.82, 2.24) is 0 Å². The third kappa shape index (κ3) is 7.37. The van der Waals surface area contributed by atoms with Gasteiger partial charge < -0.3 is 10.8 Å². The van der Waals surface area contributed by atoms with Crippen molar-refractivity contribution in [2.75, 3.05) is 0 Å². The molecule has 160 valence electrons. The van der Waals surface area contributed by atoms with Crippen LogP contribution >= 0.6 is 0 Å². The highest BCUT2D eigenvalue weighted by Crippen LogP contribution is 2.16. The van der Waals surface area contributed by atoms with Gasteiger partial charge in [0.15, 0.2) is 5.78 Å². The van der Waals surface area contributed by atoms with E-state index in [0.717, 1.165) is 36.8 Å². The van der Waals surface area contributed by atoms with E-state index in [-0.39, 0.29) is 5.78 Å². The topological polar surface area (TPSA) is 64.8 Å². The third-order valence-electron chi connectivity index (χ3n) is 5.55. The first-order chi connectivity index (χ1) is 14.6. The summed E-state index contributed by atoms with van der Waals surface area (Å²) in [6, 6.07) is 14.8. The molecule has 0 amide bonds. The van der Waals surface area contributed by atoms with Crippen molar-refractivity contribution in [3.8, 4) is 0 Å². The highest BCUT2D eigenvalue weighted by atomic mass is 16.1. The monoisotopic (exact) mass is 404 g/mol. The molecule has 0 atom stereocenters. The lowest BCUT2D eigenvalue weighted by atomic mass is 9.97. The summed E-state index contributed by atoms with van der Waals surface area (Å²) in [6.07, 6.45) is 10.9. The number of hydrogen-bond donors (Lipinski definition) is 2. The second-order valence-corrected chi connectivity index (χ2v) is 8.06. The second kappa shape index (κ2) is 12.9. The van der Waals surface area contributed by atoms with E-state index in [1.165, 1.54) is 38.5 Å². The Morgan fingerprint density at radius 2 is 0.900 bits per heavy atom. The molecule has 30 heavy (non-hydrogen) atoms. The van der Waals surface area contributed by atoms with Crippen molar-refractivity contribution in [2.45, 2.75) is 78.1 Å². The average Bonchev–Trinajstić information content (AvgIpc) is 2.79. The Labute approximate surface area is 181 Å². The Morgan fingerprint density at radius 1 is 0.567 bits per heavy atom. The SMILES string of the molecule is CCCCCCC(=N)c1ccc(C(=O)c2ccc(C(=N)CCCCCC)cc2)cc1. The van der Waals surface area contributed by atoms with Crippen LogP contribution in [0.3, 0.4) is 0 Å². The van der Waals surface area contributed by atoms with E-state index in [2.05, 4.69) is 13.8 Å². The molecule has 3 heteroatoms. The number of unbranched alkanes of at least 4 members (excludes halogenated alkanes) is 6. The number of benzene rings is 2. The Hall–Kier alpha value is -2.55. The summed E-state index contributed by atoms with van der Waals surface area (Å²) in [5.74, 6) is -0.0166. The Morgan fingerprint density at radius 3 is 1.23 bits per heavy atom. The molecule has 2 aromatic carbocycles. The van der Waals surface area contributed by atoms with Gasteiger partial charge in [0.05, 0.1) is 0 Å². The zero-order valence-corrected chi connectivity index (χ0v) is 18.6. The van der Waals surface area contributed by atoms with Gasteiger partial charge in [0.1, 0.15) is 0 Å². The van der Waals surface area contributed by atoms with Gasteiger partial charge in [0.25, 0.3) is 0 Å². The van der Waals surface area contributed by atoms with E-state index in [0.29, 0.717) is 22.6 Å². The Balaban J connectivity index is 1.93. The van der Waals surface area contributed by atoms with E-state index in [1.807, 2.05) is 48.5 Å². The van der Waals surface area contributed by atoms with Crippen LogP contribution in [0.4, 0.5) is 0 Å². The normalized spacial score (nSPS) is 10.7. The van der Waals surface area contributed by atoms with Crippen molar-refractivity contribution in [1.29, 1.82) is 10.8 Å². The first-order valence-electron chi connectivity index (χ1n) is 11.5. The molecule has 2 aromatic rings. The molecule has 0 aliphatic rings. The number of carbonyl (C=O) groups is 1. The predicted molar refractivity (Wildman–Crippen MR) is 127 cm³/mol. The summed E-state index contributed by atoms with van der Waals surface area (Å²) in [7, 11) is 0. The summed E-state index contributed by atoms with van der Waals surface area (Å²) in [6.45, 7) is 4.38. The maximum Gasteiger partial charge on any atom is 0.193 e. The van der Waals surface area contributed by atoms with Gasteiger partial charge in [-0.1, -0.05) is 101 Å². The van der Waals surface area contributed by atoms with Crippen LogP contribution in [0.15, 0.2) is 48.5 Å². The van der Waals surface area contributed by atoms with Crippen molar-refractivity contribution in [2.24, 2.45) is 0 Å². The molecule has 0 spiro atoms. The molecular formula is C27H36N2O. The fraction of sp³-hybridized carbons (Fsp3) is 0.444. The molecule has 0 aliphatic heterocycles. The Kier molecular flexibility index (Phi) is 10.2. The van der Waals surface area contributed by atoms with Crippen LogP contribution in [0.1, 0.15) is 105 Å². The number of ketones is 1. The van der Waals surface area contributed by atoms with Gasteiger partial charge in [0, 0.05) is 22.6 Å². The smallest absolute Gasteiger partial charge is 0.193 e. The molecule has 0 radical (unpaired) electrons. The zero-order chi connectivity index (χ0) is 21.8. The van der Waals surface area contributed by atoms with E-state index >= 15 is 0 Å². The van der Waals surface area contributed by atoms with Crippen LogP contribution in [0.2, 0.25) is 0 Å². The lowest BCUT2D eigenvalue weighted by molar-refractivity contribution is 0.103. The zero-order valence-electron chi connectivity index (χ0n) is 18.6. The summed E-state index contributed by atoms with van der Waals surface area (Å²) < 4.78 is 0. The quantitative estimate of drug-likeness (QED) is 0.190. The molecule has 0 saturated carbocycles. The molecule has 0 aromatic heterocycles. The number of rotatable bonds is 14. The number of hydrogen-bond acceptors (Lipinski definition) is 3. The minimum atomic E-state index is -0.0166. The van der Waals surface area contributed by atoms with Crippen LogP contribution in [-0.4, -0.2) is 17.2 Å². The molecule has 3 nitrogen and oxygen atoms in total. The maximum atomic E-state index is 12.8. The first-order valence-corrected chi connectivity index (χ1v) is 11.5. The molecule has 2 N–H and O–H groups in total. The van der Waals surface area contributed by atoms with E-state index < -0.39 is 0 Å². The number of nitrogens with one attached hydrogen (secondary N) is 2. The lowest BCUT2D eigenvalue weighted by Gasteiger charge is -2.07. The van der Waals surface area contributed by atoms with Gasteiger partial charge in [-0.05, 0) is 36.8 Å². The van der Waals surface area contributed by atoms with Crippen molar-refractivity contribution in [3.63, 3.8) is 0 Å². The van der Waals surface area contributed by atoms with Crippen LogP contribution in [0.25, 0.3) is 0 Å². The highest BCUT2D eigenvalue weighted by molar-refractivity contribution is 6.10. The second-order valence-electron chi connectivity index (χ2n) is 8.06. The summed E-state index contributed by atoms with van der Waals surface area (Å²) >= 11 is 0. The lowest BCUT2D eigenvalue weighted by Crippen LogP contribution is -2.05. The predicted octanol–water partition coefficient (Wildman–Crippen LogP) is 7.59. The van der Waals surface area contributed by atoms with Crippen LogP contribution in [-0.2, 0) is 0 Å². The maximum absolute atomic E-state index is 12.8. The molecular weight excluding hydrogens is 368 g/mol. The first kappa shape index (κ1) is 23.7. The van der Waals surface area contributed by atoms with Gasteiger partial charge in [-0.2, -0.15) is 0 Å². The van der Waals surface area contributed by atoms with Gasteiger partial charge in [-0.25, -0.2) is 0 Å². The molecule has 0 unspecified atom stereocenters. The minimum absolute atomic E-state index is 0.0166. The van der Waals surface area contributed by atoms with Crippen LogP contribution in [0.5, 0.6) is 0 Å². The largest absolute Gasteiger partial charge is 0.305 e. The van der Waals surface area contributed by atoms with Crippen molar-refractivity contribution in [3.05, 3.63) is 70.8 Å². The Bertz CT molecular complexity index is 749.